The van der Waals surface area contributed by atoms with Crippen LogP contribution in [-0.4, -0.2) is 68.1 Å². The smallest absolute Gasteiger partial charge is 0.243 e. The molecule has 2 aliphatic rings. The average molecular weight is 597 g/mol. The topological polar surface area (TPSA) is 107 Å². The first-order valence-electron chi connectivity index (χ1n) is 15.2. The molecular weight excluding hydrogens is 552 g/mol. The van der Waals surface area contributed by atoms with Gasteiger partial charge >= 0.3 is 0 Å². The van der Waals surface area contributed by atoms with Crippen molar-refractivity contribution in [2.75, 3.05) is 42.9 Å². The molecule has 0 bridgehead atoms. The number of aryl methyl sites for hydroxylation is 1. The summed E-state index contributed by atoms with van der Waals surface area (Å²) in [5, 5.41) is 2.92. The molecule has 2 fully saturated rings. The Balaban J connectivity index is 1.28. The van der Waals surface area contributed by atoms with Gasteiger partial charge in [-0.05, 0) is 69.0 Å². The van der Waals surface area contributed by atoms with Gasteiger partial charge in [-0.3, -0.25) is 14.4 Å². The number of unbranched alkanes of at least 4 members (excludes halogenated alkanes) is 2. The fourth-order valence-electron chi connectivity index (χ4n) is 5.59. The van der Waals surface area contributed by atoms with Crippen LogP contribution in [0.1, 0.15) is 64.4 Å². The first kappa shape index (κ1) is 31.7. The van der Waals surface area contributed by atoms with Crippen molar-refractivity contribution in [3.8, 4) is 0 Å². The maximum Gasteiger partial charge on any atom is 0.243 e. The number of benzene rings is 2. The molecule has 2 saturated heterocycles. The molecule has 2 aliphatic heterocycles. The van der Waals surface area contributed by atoms with E-state index in [1.165, 1.54) is 0 Å². The number of carbonyl (C=O) groups is 3. The SMILES string of the molecule is CCCCN(CCCC)S(=O)(=O)c1ccc(NC(=O)C2CCN(C(=O)C3CC(=O)N(c4ccc(C)cc4)C3)CC2)cc1. The van der Waals surface area contributed by atoms with Crippen molar-refractivity contribution in [2.45, 2.75) is 70.6 Å². The lowest BCUT2D eigenvalue weighted by Crippen LogP contribution is -2.44. The molecule has 228 valence electrons. The maximum atomic E-state index is 13.2. The lowest BCUT2D eigenvalue weighted by Gasteiger charge is -2.33. The van der Waals surface area contributed by atoms with Crippen LogP contribution in [0.25, 0.3) is 0 Å². The maximum absolute atomic E-state index is 13.2. The largest absolute Gasteiger partial charge is 0.342 e. The number of hydrogen-bond donors (Lipinski definition) is 1. The number of sulfonamides is 1. The van der Waals surface area contributed by atoms with Crippen molar-refractivity contribution in [1.29, 1.82) is 0 Å². The van der Waals surface area contributed by atoms with Crippen LogP contribution in [0.3, 0.4) is 0 Å². The minimum atomic E-state index is -3.60. The third-order valence-corrected chi connectivity index (χ3v) is 10.2. The van der Waals surface area contributed by atoms with E-state index in [9.17, 15) is 22.8 Å². The van der Waals surface area contributed by atoms with E-state index in [1.807, 2.05) is 45.0 Å². The molecule has 2 aromatic rings. The summed E-state index contributed by atoms with van der Waals surface area (Å²) < 4.78 is 28.0. The molecular formula is C32H44N4O5S. The first-order chi connectivity index (χ1) is 20.1. The highest BCUT2D eigenvalue weighted by Crippen LogP contribution is 2.29. The fourth-order valence-corrected chi connectivity index (χ4v) is 7.11. The average Bonchev–Trinajstić information content (AvgIpc) is 3.38. The molecule has 1 atom stereocenters. The van der Waals surface area contributed by atoms with Crippen molar-refractivity contribution in [3.63, 3.8) is 0 Å². The summed E-state index contributed by atoms with van der Waals surface area (Å²) in [6.07, 6.45) is 4.74. The number of nitrogens with one attached hydrogen (secondary N) is 1. The molecule has 0 saturated carbocycles. The molecule has 42 heavy (non-hydrogen) atoms. The van der Waals surface area contributed by atoms with E-state index in [0.717, 1.165) is 36.9 Å². The Hall–Kier alpha value is -3.24. The zero-order chi connectivity index (χ0) is 30.3. The molecule has 0 aromatic heterocycles. The summed E-state index contributed by atoms with van der Waals surface area (Å²) in [5.74, 6) is -0.823. The molecule has 0 spiro atoms. The number of piperidine rings is 1. The van der Waals surface area contributed by atoms with Crippen LogP contribution in [0.5, 0.6) is 0 Å². The summed E-state index contributed by atoms with van der Waals surface area (Å²) in [5.41, 5.74) is 2.47. The molecule has 1 N–H and O–H groups in total. The third kappa shape index (κ3) is 7.58. The second-order valence-corrected chi connectivity index (χ2v) is 13.4. The number of nitrogens with zero attached hydrogens (tertiary/aromatic N) is 3. The van der Waals surface area contributed by atoms with Crippen molar-refractivity contribution < 1.29 is 22.8 Å². The van der Waals surface area contributed by atoms with E-state index in [4.69, 9.17) is 0 Å². The van der Waals surface area contributed by atoms with Crippen molar-refractivity contribution in [3.05, 3.63) is 54.1 Å². The van der Waals surface area contributed by atoms with Crippen LogP contribution < -0.4 is 10.2 Å². The molecule has 0 radical (unpaired) electrons. The third-order valence-electron chi connectivity index (χ3n) is 8.28. The van der Waals surface area contributed by atoms with Crippen LogP contribution >= 0.6 is 0 Å². The van der Waals surface area contributed by atoms with E-state index in [0.29, 0.717) is 51.3 Å². The van der Waals surface area contributed by atoms with E-state index >= 15 is 0 Å². The van der Waals surface area contributed by atoms with Crippen molar-refractivity contribution >= 4 is 39.1 Å². The van der Waals surface area contributed by atoms with Crippen LogP contribution in [0, 0.1) is 18.8 Å². The number of likely N-dealkylation sites (tertiary alicyclic amines) is 1. The van der Waals surface area contributed by atoms with Crippen LogP contribution in [0.2, 0.25) is 0 Å². The fraction of sp³-hybridized carbons (Fsp3) is 0.531. The van der Waals surface area contributed by atoms with Gasteiger partial charge in [0.25, 0.3) is 0 Å². The minimum Gasteiger partial charge on any atom is -0.342 e. The molecule has 2 heterocycles. The van der Waals surface area contributed by atoms with Crippen LogP contribution in [-0.2, 0) is 24.4 Å². The van der Waals surface area contributed by atoms with E-state index in [2.05, 4.69) is 5.32 Å². The highest BCUT2D eigenvalue weighted by atomic mass is 32.2. The second kappa shape index (κ2) is 14.3. The summed E-state index contributed by atoms with van der Waals surface area (Å²) in [4.78, 5) is 42.5. The predicted octanol–water partition coefficient (Wildman–Crippen LogP) is 4.82. The number of rotatable bonds is 12. The Morgan fingerprint density at radius 1 is 0.905 bits per heavy atom. The van der Waals surface area contributed by atoms with Crippen molar-refractivity contribution in [1.82, 2.24) is 9.21 Å². The van der Waals surface area contributed by atoms with Gasteiger partial charge in [0.2, 0.25) is 27.7 Å². The van der Waals surface area contributed by atoms with Gasteiger partial charge in [0, 0.05) is 56.4 Å². The van der Waals surface area contributed by atoms with Gasteiger partial charge in [-0.15, -0.1) is 0 Å². The molecule has 1 unspecified atom stereocenters. The number of hydrogen-bond acceptors (Lipinski definition) is 5. The molecule has 3 amide bonds. The zero-order valence-corrected chi connectivity index (χ0v) is 25.9. The van der Waals surface area contributed by atoms with Gasteiger partial charge in [-0.25, -0.2) is 8.42 Å². The minimum absolute atomic E-state index is 0.0273. The summed E-state index contributed by atoms with van der Waals surface area (Å²) >= 11 is 0. The predicted molar refractivity (Wildman–Crippen MR) is 165 cm³/mol. The molecule has 4 rings (SSSR count). The van der Waals surface area contributed by atoms with E-state index in [1.54, 1.807) is 38.4 Å². The lowest BCUT2D eigenvalue weighted by atomic mass is 9.94. The van der Waals surface area contributed by atoms with E-state index in [-0.39, 0.29) is 40.9 Å². The lowest BCUT2D eigenvalue weighted by molar-refractivity contribution is -0.138. The van der Waals surface area contributed by atoms with Gasteiger partial charge in [-0.1, -0.05) is 44.4 Å². The normalized spacial score (nSPS) is 18.1. The number of carbonyl (C=O) groups excluding carboxylic acids is 3. The van der Waals surface area contributed by atoms with Gasteiger partial charge < -0.3 is 15.1 Å². The number of amides is 3. The highest BCUT2D eigenvalue weighted by Gasteiger charge is 2.38. The highest BCUT2D eigenvalue weighted by molar-refractivity contribution is 7.89. The standard InChI is InChI=1S/C32H44N4O5S/c1-4-6-18-35(19-7-5-2)42(40,41)29-14-10-27(11-15-29)33-31(38)25-16-20-34(21-17-25)32(39)26-22-30(37)36(23-26)28-12-8-24(3)9-13-28/h8-15,25-26H,4-7,16-23H2,1-3H3,(H,33,38). The van der Waals surface area contributed by atoms with Crippen LogP contribution in [0.15, 0.2) is 53.4 Å². The first-order valence-corrected chi connectivity index (χ1v) is 16.6. The Morgan fingerprint density at radius 3 is 2.07 bits per heavy atom. The summed E-state index contributed by atoms with van der Waals surface area (Å²) in [7, 11) is -3.60. The van der Waals surface area contributed by atoms with E-state index < -0.39 is 10.0 Å². The van der Waals surface area contributed by atoms with Gasteiger partial charge in [-0.2, -0.15) is 4.31 Å². The Kier molecular flexibility index (Phi) is 10.8. The second-order valence-electron chi connectivity index (χ2n) is 11.5. The molecule has 9 nitrogen and oxygen atoms in total. The molecule has 2 aromatic carbocycles. The summed E-state index contributed by atoms with van der Waals surface area (Å²) in [6, 6.07) is 14.1. The van der Waals surface area contributed by atoms with Gasteiger partial charge in [0.05, 0.1) is 10.8 Å². The van der Waals surface area contributed by atoms with Crippen LogP contribution in [0.4, 0.5) is 11.4 Å². The Labute approximate surface area is 250 Å². The Bertz CT molecular complexity index is 1330. The van der Waals surface area contributed by atoms with Gasteiger partial charge in [0.1, 0.15) is 0 Å². The monoisotopic (exact) mass is 596 g/mol. The van der Waals surface area contributed by atoms with Gasteiger partial charge in [0.15, 0.2) is 0 Å². The Morgan fingerprint density at radius 2 is 1.50 bits per heavy atom. The number of anilines is 2. The molecule has 0 aliphatic carbocycles. The zero-order valence-electron chi connectivity index (χ0n) is 25.0. The van der Waals surface area contributed by atoms with Crippen molar-refractivity contribution in [2.24, 2.45) is 11.8 Å². The quantitative estimate of drug-likeness (QED) is 0.378. The summed E-state index contributed by atoms with van der Waals surface area (Å²) in [6.45, 7) is 8.39. The molecule has 10 heteroatoms.